The van der Waals surface area contributed by atoms with Crippen molar-refractivity contribution in [1.29, 1.82) is 0 Å². The molecular formula is C20H27NO3. The molecule has 3 atom stereocenters. The van der Waals surface area contributed by atoms with Crippen LogP contribution < -0.4 is 5.73 Å². The lowest BCUT2D eigenvalue weighted by Crippen LogP contribution is -2.34. The summed E-state index contributed by atoms with van der Waals surface area (Å²) < 4.78 is 11.6. The van der Waals surface area contributed by atoms with Crippen LogP contribution in [0, 0.1) is 11.8 Å². The van der Waals surface area contributed by atoms with Gasteiger partial charge in [0.25, 0.3) is 0 Å². The minimum atomic E-state index is -0.568. The molecule has 1 saturated carbocycles. The maximum atomic E-state index is 12.0. The maximum absolute atomic E-state index is 12.0. The fourth-order valence-electron chi connectivity index (χ4n) is 3.27. The Morgan fingerprint density at radius 2 is 1.92 bits per heavy atom. The van der Waals surface area contributed by atoms with Crippen molar-refractivity contribution in [2.24, 2.45) is 17.6 Å². The third kappa shape index (κ3) is 4.68. The Morgan fingerprint density at radius 3 is 2.62 bits per heavy atom. The van der Waals surface area contributed by atoms with E-state index in [0.717, 1.165) is 25.9 Å². The van der Waals surface area contributed by atoms with Gasteiger partial charge in [-0.1, -0.05) is 43.3 Å². The number of rotatable bonds is 5. The van der Waals surface area contributed by atoms with Crippen molar-refractivity contribution in [2.75, 3.05) is 6.61 Å². The molecule has 3 rings (SSSR count). The largest absolute Gasteiger partial charge is 0.428 e. The van der Waals surface area contributed by atoms with E-state index in [0.29, 0.717) is 18.1 Å². The molecular weight excluding hydrogens is 302 g/mol. The van der Waals surface area contributed by atoms with Gasteiger partial charge in [0.1, 0.15) is 17.9 Å². The lowest BCUT2D eigenvalue weighted by Gasteiger charge is -2.28. The molecule has 0 bridgehead atoms. The zero-order chi connectivity index (χ0) is 16.9. The minimum absolute atomic E-state index is 0.247. The molecule has 130 valence electrons. The van der Waals surface area contributed by atoms with Gasteiger partial charge in [0.15, 0.2) is 0 Å². The highest BCUT2D eigenvalue weighted by molar-refractivity contribution is 5.76. The second-order valence-electron chi connectivity index (χ2n) is 7.07. The number of carbonyl (C=O) groups excluding carboxylic acids is 1. The van der Waals surface area contributed by atoms with Gasteiger partial charge in [-0.05, 0) is 49.5 Å². The van der Waals surface area contributed by atoms with Gasteiger partial charge >= 0.3 is 5.97 Å². The first kappa shape index (κ1) is 17.2. The summed E-state index contributed by atoms with van der Waals surface area (Å²) in [6, 6.07) is 9.81. The number of nitrogens with two attached hydrogens (primary N) is 1. The van der Waals surface area contributed by atoms with Crippen molar-refractivity contribution in [1.82, 2.24) is 0 Å². The molecule has 1 aliphatic heterocycles. The normalized spacial score (nSPS) is 28.6. The van der Waals surface area contributed by atoms with Gasteiger partial charge in [0.05, 0.1) is 6.61 Å². The van der Waals surface area contributed by atoms with Crippen molar-refractivity contribution >= 4 is 5.97 Å². The van der Waals surface area contributed by atoms with Gasteiger partial charge in [-0.15, -0.1) is 0 Å². The first-order valence-electron chi connectivity index (χ1n) is 8.95. The van der Waals surface area contributed by atoms with Crippen LogP contribution in [0.4, 0.5) is 0 Å². The van der Waals surface area contributed by atoms with Gasteiger partial charge in [-0.3, -0.25) is 0 Å². The average Bonchev–Trinajstić information content (AvgIpc) is 3.38. The molecule has 1 aromatic carbocycles. The van der Waals surface area contributed by atoms with E-state index in [1.165, 1.54) is 18.4 Å². The Morgan fingerprint density at radius 1 is 1.17 bits per heavy atom. The van der Waals surface area contributed by atoms with E-state index in [4.69, 9.17) is 15.2 Å². The van der Waals surface area contributed by atoms with E-state index >= 15 is 0 Å². The summed E-state index contributed by atoms with van der Waals surface area (Å²) in [5.41, 5.74) is 7.17. The van der Waals surface area contributed by atoms with Crippen LogP contribution in [-0.4, -0.2) is 24.7 Å². The molecule has 4 nitrogen and oxygen atoms in total. The van der Waals surface area contributed by atoms with E-state index < -0.39 is 6.04 Å². The summed E-state index contributed by atoms with van der Waals surface area (Å²) in [5.74, 6) is 0.928. The van der Waals surface area contributed by atoms with Crippen LogP contribution in [0.1, 0.15) is 37.7 Å². The predicted molar refractivity (Wildman–Crippen MR) is 93.2 cm³/mol. The Bertz CT molecular complexity index is 568. The first-order chi connectivity index (χ1) is 11.6. The van der Waals surface area contributed by atoms with Gasteiger partial charge in [-0.2, -0.15) is 0 Å². The number of carbonyl (C=O) groups is 1. The van der Waals surface area contributed by atoms with Crippen LogP contribution in [-0.2, 0) is 20.7 Å². The lowest BCUT2D eigenvalue weighted by atomic mass is 9.88. The van der Waals surface area contributed by atoms with Crippen LogP contribution in [0.5, 0.6) is 0 Å². The highest BCUT2D eigenvalue weighted by Crippen LogP contribution is 2.33. The summed E-state index contributed by atoms with van der Waals surface area (Å²) in [6.45, 7) is 4.71. The second kappa shape index (κ2) is 7.95. The first-order valence-corrected chi connectivity index (χ1v) is 8.95. The SMILES string of the molecule is C=C1OC(=O)[C@@H](N)CCC[C@H](Cc2ccccc2)[C@H]1OCC1CC1. The molecule has 1 aliphatic carbocycles. The zero-order valence-electron chi connectivity index (χ0n) is 14.2. The molecule has 1 aromatic rings. The zero-order valence-corrected chi connectivity index (χ0v) is 14.2. The number of hydrogen-bond acceptors (Lipinski definition) is 4. The smallest absolute Gasteiger partial charge is 0.328 e. The molecule has 0 radical (unpaired) electrons. The highest BCUT2D eigenvalue weighted by atomic mass is 16.6. The van der Waals surface area contributed by atoms with Gasteiger partial charge < -0.3 is 15.2 Å². The van der Waals surface area contributed by atoms with Crippen molar-refractivity contribution in [2.45, 2.75) is 50.7 Å². The third-order valence-electron chi connectivity index (χ3n) is 4.92. The van der Waals surface area contributed by atoms with E-state index in [1.807, 2.05) is 6.07 Å². The quantitative estimate of drug-likeness (QED) is 0.843. The van der Waals surface area contributed by atoms with Crippen molar-refractivity contribution < 1.29 is 14.3 Å². The molecule has 2 aliphatic rings. The third-order valence-corrected chi connectivity index (χ3v) is 4.92. The molecule has 1 saturated heterocycles. The Kier molecular flexibility index (Phi) is 5.69. The summed E-state index contributed by atoms with van der Waals surface area (Å²) in [4.78, 5) is 12.0. The van der Waals surface area contributed by atoms with E-state index in [9.17, 15) is 4.79 Å². The summed E-state index contributed by atoms with van der Waals surface area (Å²) in [5, 5.41) is 0. The Balaban J connectivity index is 1.75. The average molecular weight is 329 g/mol. The second-order valence-corrected chi connectivity index (χ2v) is 7.07. The van der Waals surface area contributed by atoms with Gasteiger partial charge in [-0.25, -0.2) is 4.79 Å². The number of cyclic esters (lactones) is 1. The topological polar surface area (TPSA) is 61.5 Å². The number of benzene rings is 1. The molecule has 24 heavy (non-hydrogen) atoms. The van der Waals surface area contributed by atoms with Crippen molar-refractivity contribution in [3.05, 3.63) is 48.2 Å². The molecule has 1 heterocycles. The van der Waals surface area contributed by atoms with Crippen LogP contribution in [0.15, 0.2) is 42.7 Å². The van der Waals surface area contributed by atoms with Gasteiger partial charge in [0, 0.05) is 0 Å². The van der Waals surface area contributed by atoms with E-state index in [-0.39, 0.29) is 18.0 Å². The fourth-order valence-corrected chi connectivity index (χ4v) is 3.27. The summed E-state index contributed by atoms with van der Waals surface area (Å²) >= 11 is 0. The van der Waals surface area contributed by atoms with Crippen LogP contribution in [0.3, 0.4) is 0 Å². The highest BCUT2D eigenvalue weighted by Gasteiger charge is 2.33. The molecule has 0 amide bonds. The minimum Gasteiger partial charge on any atom is -0.428 e. The van der Waals surface area contributed by atoms with E-state index in [1.54, 1.807) is 0 Å². The van der Waals surface area contributed by atoms with Crippen LogP contribution in [0.25, 0.3) is 0 Å². The number of esters is 1. The summed E-state index contributed by atoms with van der Waals surface area (Å²) in [7, 11) is 0. The Hall–Kier alpha value is -1.65. The monoisotopic (exact) mass is 329 g/mol. The van der Waals surface area contributed by atoms with Crippen molar-refractivity contribution in [3.63, 3.8) is 0 Å². The molecule has 2 fully saturated rings. The molecule has 0 spiro atoms. The number of hydrogen-bond donors (Lipinski definition) is 1. The van der Waals surface area contributed by atoms with Crippen molar-refractivity contribution in [3.8, 4) is 0 Å². The maximum Gasteiger partial charge on any atom is 0.328 e. The predicted octanol–water partition coefficient (Wildman–Crippen LogP) is 3.21. The molecule has 4 heteroatoms. The number of ether oxygens (including phenoxy) is 2. The summed E-state index contributed by atoms with van der Waals surface area (Å²) in [6.07, 6.45) is 5.59. The molecule has 0 unspecified atom stereocenters. The lowest BCUT2D eigenvalue weighted by molar-refractivity contribution is -0.143. The Labute approximate surface area is 144 Å². The molecule has 2 N–H and O–H groups in total. The fraction of sp³-hybridized carbons (Fsp3) is 0.550. The standard InChI is InChI=1S/C20H27NO3/c1-14-19(23-13-16-10-11-16)17(12-15-6-3-2-4-7-15)8-5-9-18(21)20(22)24-14/h2-4,6-7,16-19H,1,5,8-13,21H2/t17-,18+,19+/m1/s1. The van der Waals surface area contributed by atoms with Gasteiger partial charge in [0.2, 0.25) is 0 Å². The van der Waals surface area contributed by atoms with Crippen LogP contribution in [0.2, 0.25) is 0 Å². The van der Waals surface area contributed by atoms with Crippen LogP contribution >= 0.6 is 0 Å². The molecule has 0 aromatic heterocycles. The van der Waals surface area contributed by atoms with E-state index in [2.05, 4.69) is 30.8 Å².